The minimum atomic E-state index is -0.633. The van der Waals surface area contributed by atoms with Crippen molar-refractivity contribution in [2.45, 2.75) is 101 Å². The maximum absolute atomic E-state index is 12.8. The highest BCUT2D eigenvalue weighted by molar-refractivity contribution is 8.00. The number of aromatic nitrogens is 4. The van der Waals surface area contributed by atoms with Crippen LogP contribution in [0.5, 0.6) is 0 Å². The van der Waals surface area contributed by atoms with Crippen molar-refractivity contribution >= 4 is 23.7 Å². The number of nitrogens with zero attached hydrogens (tertiary/aromatic N) is 4. The van der Waals surface area contributed by atoms with Crippen molar-refractivity contribution in [1.29, 1.82) is 0 Å². The van der Waals surface area contributed by atoms with Crippen LogP contribution in [0.4, 0.5) is 0 Å². The van der Waals surface area contributed by atoms with Crippen LogP contribution in [0.1, 0.15) is 94.4 Å². The highest BCUT2D eigenvalue weighted by Gasteiger charge is 2.28. The fourth-order valence-electron chi connectivity index (χ4n) is 3.98. The largest absolute Gasteiger partial charge is 0.468 e. The molecule has 0 fully saturated rings. The number of ether oxygens (including phenoxy) is 2. The predicted molar refractivity (Wildman–Crippen MR) is 137 cm³/mol. The van der Waals surface area contributed by atoms with E-state index >= 15 is 0 Å². The third-order valence-electron chi connectivity index (χ3n) is 5.86. The van der Waals surface area contributed by atoms with Crippen molar-refractivity contribution in [3.8, 4) is 0 Å². The number of benzene rings is 1. The first-order valence-corrected chi connectivity index (χ1v) is 13.7. The fourth-order valence-corrected chi connectivity index (χ4v) is 5.05. The van der Waals surface area contributed by atoms with Crippen molar-refractivity contribution < 1.29 is 19.1 Å². The maximum Gasteiger partial charge on any atom is 0.327 e. The summed E-state index contributed by atoms with van der Waals surface area (Å²) in [6.07, 6.45) is 13.7. The lowest BCUT2D eigenvalue weighted by atomic mass is 9.98. The SMILES string of the molecule is CCCCCCCCCCCCc1ccccc1C(Sc1nnnn1CC(=O)OCC)C(=O)OC. The molecule has 194 valence electrons. The van der Waals surface area contributed by atoms with E-state index in [0.29, 0.717) is 5.16 Å². The molecule has 1 atom stereocenters. The molecule has 1 aromatic carbocycles. The Balaban J connectivity index is 1.96. The van der Waals surface area contributed by atoms with Crippen LogP contribution in [-0.2, 0) is 32.0 Å². The monoisotopic (exact) mass is 504 g/mol. The van der Waals surface area contributed by atoms with Gasteiger partial charge in [0, 0.05) is 0 Å². The Morgan fingerprint density at radius 1 is 0.971 bits per heavy atom. The molecule has 2 rings (SSSR count). The van der Waals surface area contributed by atoms with E-state index in [1.165, 1.54) is 81.3 Å². The molecule has 35 heavy (non-hydrogen) atoms. The number of carbonyl (C=O) groups is 2. The van der Waals surface area contributed by atoms with Crippen molar-refractivity contribution in [1.82, 2.24) is 20.2 Å². The first-order valence-electron chi connectivity index (χ1n) is 12.8. The molecule has 0 bridgehead atoms. The van der Waals surface area contributed by atoms with Gasteiger partial charge in [0.1, 0.15) is 11.8 Å². The van der Waals surface area contributed by atoms with Crippen molar-refractivity contribution in [3.05, 3.63) is 35.4 Å². The highest BCUT2D eigenvalue weighted by Crippen LogP contribution is 2.37. The molecule has 0 N–H and O–H groups in total. The normalized spacial score (nSPS) is 11.9. The first-order chi connectivity index (χ1) is 17.1. The van der Waals surface area contributed by atoms with Gasteiger partial charge in [0.15, 0.2) is 0 Å². The van der Waals surface area contributed by atoms with E-state index in [1.807, 2.05) is 18.2 Å². The second-order valence-electron chi connectivity index (χ2n) is 8.58. The van der Waals surface area contributed by atoms with E-state index in [4.69, 9.17) is 9.47 Å². The van der Waals surface area contributed by atoms with Crippen LogP contribution in [0.25, 0.3) is 0 Å². The molecule has 0 amide bonds. The zero-order valence-corrected chi connectivity index (χ0v) is 22.2. The third-order valence-corrected chi connectivity index (χ3v) is 7.04. The van der Waals surface area contributed by atoms with Gasteiger partial charge in [-0.15, -0.1) is 5.10 Å². The summed E-state index contributed by atoms with van der Waals surface area (Å²) in [6.45, 7) is 4.16. The van der Waals surface area contributed by atoms with Gasteiger partial charge in [-0.1, -0.05) is 101 Å². The number of tetrazole rings is 1. The summed E-state index contributed by atoms with van der Waals surface area (Å²) < 4.78 is 11.4. The van der Waals surface area contributed by atoms with E-state index in [1.54, 1.807) is 6.92 Å². The molecule has 1 heterocycles. The van der Waals surface area contributed by atoms with Gasteiger partial charge in [-0.25, -0.2) is 4.68 Å². The van der Waals surface area contributed by atoms with Gasteiger partial charge in [-0.3, -0.25) is 9.59 Å². The first kappa shape index (κ1) is 28.8. The minimum Gasteiger partial charge on any atom is -0.468 e. The van der Waals surface area contributed by atoms with Gasteiger partial charge in [0.2, 0.25) is 5.16 Å². The van der Waals surface area contributed by atoms with Crippen LogP contribution in [0.2, 0.25) is 0 Å². The molecule has 0 radical (unpaired) electrons. The average molecular weight is 505 g/mol. The van der Waals surface area contributed by atoms with Crippen LogP contribution < -0.4 is 0 Å². The number of methoxy groups -OCH3 is 1. The van der Waals surface area contributed by atoms with Crippen LogP contribution in [0.15, 0.2) is 29.4 Å². The highest BCUT2D eigenvalue weighted by atomic mass is 32.2. The molecule has 1 aromatic heterocycles. The lowest BCUT2D eigenvalue weighted by Gasteiger charge is -2.18. The molecule has 0 spiro atoms. The lowest BCUT2D eigenvalue weighted by Crippen LogP contribution is -2.17. The summed E-state index contributed by atoms with van der Waals surface area (Å²) in [5, 5.41) is 11.3. The summed E-state index contributed by atoms with van der Waals surface area (Å²) in [5.74, 6) is -0.811. The van der Waals surface area contributed by atoms with Gasteiger partial charge in [-0.2, -0.15) is 0 Å². The number of unbranched alkanes of at least 4 members (excludes halogenated alkanes) is 9. The smallest absolute Gasteiger partial charge is 0.327 e. The van der Waals surface area contributed by atoms with E-state index in [2.05, 4.69) is 28.5 Å². The van der Waals surface area contributed by atoms with E-state index in [0.717, 1.165) is 24.0 Å². The Labute approximate surface area is 213 Å². The molecule has 0 aliphatic carbocycles. The average Bonchev–Trinajstić information content (AvgIpc) is 3.30. The topological polar surface area (TPSA) is 96.2 Å². The van der Waals surface area contributed by atoms with Gasteiger partial charge in [-0.05, 0) is 41.3 Å². The van der Waals surface area contributed by atoms with Crippen molar-refractivity contribution in [2.75, 3.05) is 13.7 Å². The molecule has 8 nitrogen and oxygen atoms in total. The fraction of sp³-hybridized carbons (Fsp3) is 0.654. The number of rotatable bonds is 18. The number of hydrogen-bond acceptors (Lipinski definition) is 8. The molecular formula is C26H40N4O4S. The molecule has 9 heteroatoms. The summed E-state index contributed by atoms with van der Waals surface area (Å²) >= 11 is 1.18. The summed E-state index contributed by atoms with van der Waals surface area (Å²) in [7, 11) is 1.38. The Hall–Kier alpha value is -2.42. The second kappa shape index (κ2) is 17.1. The summed E-state index contributed by atoms with van der Waals surface area (Å²) in [6, 6.07) is 7.95. The quantitative estimate of drug-likeness (QED) is 0.145. The molecule has 1 unspecified atom stereocenters. The van der Waals surface area contributed by atoms with E-state index in [9.17, 15) is 9.59 Å². The van der Waals surface area contributed by atoms with Gasteiger partial charge in [0.25, 0.3) is 0 Å². The maximum atomic E-state index is 12.8. The number of aryl methyl sites for hydroxylation is 1. The van der Waals surface area contributed by atoms with Crippen molar-refractivity contribution in [2.24, 2.45) is 0 Å². The zero-order chi connectivity index (χ0) is 25.3. The van der Waals surface area contributed by atoms with Crippen molar-refractivity contribution in [3.63, 3.8) is 0 Å². The van der Waals surface area contributed by atoms with Gasteiger partial charge in [0.05, 0.1) is 13.7 Å². The van der Waals surface area contributed by atoms with Crippen LogP contribution in [0, 0.1) is 0 Å². The summed E-state index contributed by atoms with van der Waals surface area (Å²) in [5.41, 5.74) is 2.02. The van der Waals surface area contributed by atoms with Crippen LogP contribution >= 0.6 is 11.8 Å². The predicted octanol–water partition coefficient (Wildman–Crippen LogP) is 5.71. The van der Waals surface area contributed by atoms with E-state index < -0.39 is 11.2 Å². The molecule has 0 aliphatic heterocycles. The molecule has 0 saturated carbocycles. The number of esters is 2. The minimum absolute atomic E-state index is 0.114. The lowest BCUT2D eigenvalue weighted by molar-refractivity contribution is -0.144. The zero-order valence-electron chi connectivity index (χ0n) is 21.4. The Morgan fingerprint density at radius 2 is 1.63 bits per heavy atom. The van der Waals surface area contributed by atoms with Crippen LogP contribution in [0.3, 0.4) is 0 Å². The standard InChI is InChI=1S/C26H40N4O4S/c1-4-6-7-8-9-10-11-12-13-14-17-21-18-15-16-19-22(21)24(25(32)33-3)35-26-27-28-29-30(26)20-23(31)34-5-2/h15-16,18-19,24H,4-14,17,20H2,1-3H3. The Morgan fingerprint density at radius 3 is 2.29 bits per heavy atom. The van der Waals surface area contributed by atoms with Gasteiger partial charge < -0.3 is 9.47 Å². The van der Waals surface area contributed by atoms with E-state index in [-0.39, 0.29) is 19.1 Å². The molecular weight excluding hydrogens is 464 g/mol. The summed E-state index contributed by atoms with van der Waals surface area (Å²) in [4.78, 5) is 24.7. The number of hydrogen-bond donors (Lipinski definition) is 0. The molecule has 0 saturated heterocycles. The Kier molecular flexibility index (Phi) is 14.1. The van der Waals surface area contributed by atoms with Gasteiger partial charge >= 0.3 is 11.9 Å². The van der Waals surface area contributed by atoms with Crippen LogP contribution in [-0.4, -0.2) is 45.9 Å². The third kappa shape index (κ3) is 10.4. The second-order valence-corrected chi connectivity index (χ2v) is 9.65. The number of carbonyl (C=O) groups excluding carboxylic acids is 2. The molecule has 2 aromatic rings. The number of thioether (sulfide) groups is 1. The Bertz CT molecular complexity index is 890. The molecule has 0 aliphatic rings.